The van der Waals surface area contributed by atoms with Crippen molar-refractivity contribution in [2.24, 2.45) is 23.2 Å². The molecule has 0 radical (unpaired) electrons. The topological polar surface area (TPSA) is 70.6 Å². The zero-order valence-corrected chi connectivity index (χ0v) is 19.4. The van der Waals surface area contributed by atoms with E-state index in [2.05, 4.69) is 10.6 Å². The number of aliphatic hydroxyl groups is 1. The number of nitrogens with one attached hydrogen (secondary N) is 2. The Kier molecular flexibility index (Phi) is 7.29. The molecule has 31 heavy (non-hydrogen) atoms. The molecule has 0 aliphatic heterocycles. The number of aliphatic hydroxyl groups excluding tert-OH is 1. The fourth-order valence-electron chi connectivity index (χ4n) is 6.48. The summed E-state index contributed by atoms with van der Waals surface area (Å²) in [6.45, 7) is 3.29. The summed E-state index contributed by atoms with van der Waals surface area (Å²) in [6, 6.07) is 7.85. The Morgan fingerprint density at radius 3 is 2.39 bits per heavy atom. The highest BCUT2D eigenvalue weighted by Gasteiger charge is 2.50. The number of benzene rings is 1. The monoisotopic (exact) mass is 444 g/mol. The second-order valence-electron chi connectivity index (χ2n) is 10.3. The molecule has 0 spiro atoms. The maximum atomic E-state index is 12.1. The van der Waals surface area contributed by atoms with Crippen LogP contribution in [0.1, 0.15) is 56.1 Å². The lowest BCUT2D eigenvalue weighted by molar-refractivity contribution is -0.119. The number of hydrogen-bond acceptors (Lipinski definition) is 4. The summed E-state index contributed by atoms with van der Waals surface area (Å²) in [7, 11) is 0. The van der Waals surface area contributed by atoms with Crippen molar-refractivity contribution in [3.05, 3.63) is 35.4 Å². The first-order valence-corrected chi connectivity index (χ1v) is 12.2. The lowest BCUT2D eigenvalue weighted by Gasteiger charge is -2.57. The molecule has 6 heteroatoms. The summed E-state index contributed by atoms with van der Waals surface area (Å²) in [6.07, 6.45) is 9.32. The zero-order chi connectivity index (χ0) is 21.8. The number of hydrogen-bond donors (Lipinski definition) is 3. The van der Waals surface area contributed by atoms with E-state index >= 15 is 0 Å². The molecule has 3 N–H and O–H groups in total. The maximum Gasteiger partial charge on any atom is 0.230 e. The van der Waals surface area contributed by atoms with Crippen molar-refractivity contribution in [2.45, 2.75) is 64.4 Å². The van der Waals surface area contributed by atoms with Crippen LogP contribution in [0, 0.1) is 30.1 Å². The van der Waals surface area contributed by atoms with Crippen LogP contribution in [0.5, 0.6) is 0 Å². The van der Waals surface area contributed by atoms with Gasteiger partial charge in [-0.15, -0.1) is 0 Å². The molecule has 1 atom stereocenters. The van der Waals surface area contributed by atoms with Crippen LogP contribution in [0.2, 0.25) is 0 Å². The van der Waals surface area contributed by atoms with Crippen molar-refractivity contribution in [1.29, 1.82) is 0 Å². The lowest BCUT2D eigenvalue weighted by atomic mass is 9.49. The molecular weight excluding hydrogens is 408 g/mol. The van der Waals surface area contributed by atoms with Gasteiger partial charge in [-0.25, -0.2) is 0 Å². The van der Waals surface area contributed by atoms with E-state index in [0.717, 1.165) is 41.9 Å². The molecule has 0 saturated heterocycles. The maximum absolute atomic E-state index is 12.1. The minimum absolute atomic E-state index is 0.164. The normalized spacial score (nSPS) is 29.5. The Morgan fingerprint density at radius 1 is 1.16 bits per heavy atom. The minimum atomic E-state index is -0.650. The van der Waals surface area contributed by atoms with Crippen molar-refractivity contribution in [3.8, 4) is 0 Å². The van der Waals surface area contributed by atoms with Gasteiger partial charge in [0.1, 0.15) is 0 Å². The van der Waals surface area contributed by atoms with Crippen LogP contribution < -0.4 is 10.6 Å². The van der Waals surface area contributed by atoms with E-state index in [1.165, 1.54) is 38.5 Å². The van der Waals surface area contributed by atoms with E-state index in [-0.39, 0.29) is 24.0 Å². The van der Waals surface area contributed by atoms with Crippen LogP contribution in [0.25, 0.3) is 0 Å². The van der Waals surface area contributed by atoms with Crippen molar-refractivity contribution in [2.75, 3.05) is 19.8 Å². The smallest absolute Gasteiger partial charge is 0.230 e. The number of amides is 1. The highest BCUT2D eigenvalue weighted by molar-refractivity contribution is 7.80. The van der Waals surface area contributed by atoms with Crippen LogP contribution in [-0.2, 0) is 16.0 Å². The van der Waals surface area contributed by atoms with E-state index < -0.39 is 6.10 Å². The zero-order valence-electron chi connectivity index (χ0n) is 18.6. The van der Waals surface area contributed by atoms with E-state index in [1.807, 2.05) is 31.2 Å². The van der Waals surface area contributed by atoms with E-state index in [0.29, 0.717) is 12.0 Å². The SMILES string of the molecule is Cc1ccc(CC(=O)NC(=S)NC[C@@H](O)COCCC23CC4CC(CC(C4)C2)C3)cc1. The summed E-state index contributed by atoms with van der Waals surface area (Å²) >= 11 is 5.17. The Hall–Kier alpha value is -1.50. The summed E-state index contributed by atoms with van der Waals surface area (Å²) in [5.41, 5.74) is 2.62. The molecule has 4 aliphatic carbocycles. The van der Waals surface area contributed by atoms with Gasteiger partial charge in [0.2, 0.25) is 5.91 Å². The molecular formula is C25H36N2O3S. The highest BCUT2D eigenvalue weighted by atomic mass is 32.1. The Balaban J connectivity index is 1.08. The molecule has 4 fully saturated rings. The number of aryl methyl sites for hydroxylation is 1. The van der Waals surface area contributed by atoms with Gasteiger partial charge in [0.05, 0.1) is 19.1 Å². The fourth-order valence-corrected chi connectivity index (χ4v) is 6.68. The van der Waals surface area contributed by atoms with Gasteiger partial charge in [-0.05, 0) is 92.8 Å². The number of carbonyl (C=O) groups is 1. The average molecular weight is 445 g/mol. The molecule has 0 aromatic heterocycles. The quantitative estimate of drug-likeness (QED) is 0.402. The first-order valence-electron chi connectivity index (χ1n) is 11.8. The van der Waals surface area contributed by atoms with Crippen LogP contribution in [-0.4, -0.2) is 42.0 Å². The molecule has 1 amide bonds. The molecule has 0 unspecified atom stereocenters. The molecule has 4 saturated carbocycles. The molecule has 1 aromatic carbocycles. The lowest BCUT2D eigenvalue weighted by Crippen LogP contribution is -2.46. The third-order valence-corrected chi connectivity index (χ3v) is 7.73. The van der Waals surface area contributed by atoms with Gasteiger partial charge in [-0.1, -0.05) is 29.8 Å². The predicted octanol–water partition coefficient (Wildman–Crippen LogP) is 3.51. The van der Waals surface area contributed by atoms with E-state index in [1.54, 1.807) is 0 Å². The summed E-state index contributed by atoms with van der Waals surface area (Å²) in [5.74, 6) is 2.72. The van der Waals surface area contributed by atoms with Crippen molar-refractivity contribution in [1.82, 2.24) is 10.6 Å². The average Bonchev–Trinajstić information content (AvgIpc) is 2.70. The Bertz CT molecular complexity index is 744. The number of carbonyl (C=O) groups excluding carboxylic acids is 1. The standard InChI is InChI=1S/C25H36N2O3S/c1-17-2-4-18(5-3-17)11-23(29)27-24(31)26-15-22(28)16-30-7-6-25-12-19-8-20(13-25)10-21(9-19)14-25/h2-5,19-22,28H,6-16H2,1H3,(H2,26,27,29,31)/t19?,20?,21?,22-,25?/m1/s1. The summed E-state index contributed by atoms with van der Waals surface area (Å²) in [5, 5.41) is 16.0. The van der Waals surface area contributed by atoms with Gasteiger partial charge >= 0.3 is 0 Å². The Morgan fingerprint density at radius 2 is 1.77 bits per heavy atom. The Labute approximate surface area is 191 Å². The third-order valence-electron chi connectivity index (χ3n) is 7.49. The number of rotatable bonds is 9. The largest absolute Gasteiger partial charge is 0.389 e. The van der Waals surface area contributed by atoms with Gasteiger partial charge in [-0.3, -0.25) is 4.79 Å². The minimum Gasteiger partial charge on any atom is -0.389 e. The summed E-state index contributed by atoms with van der Waals surface area (Å²) in [4.78, 5) is 12.1. The first-order chi connectivity index (χ1) is 14.9. The van der Waals surface area contributed by atoms with Gasteiger partial charge < -0.3 is 20.5 Å². The molecule has 5 rings (SSSR count). The number of ether oxygens (including phenoxy) is 1. The van der Waals surface area contributed by atoms with Gasteiger partial charge in [-0.2, -0.15) is 0 Å². The molecule has 4 bridgehead atoms. The van der Waals surface area contributed by atoms with Crippen LogP contribution >= 0.6 is 12.2 Å². The van der Waals surface area contributed by atoms with Crippen LogP contribution in [0.4, 0.5) is 0 Å². The van der Waals surface area contributed by atoms with Gasteiger partial charge in [0.25, 0.3) is 0 Å². The van der Waals surface area contributed by atoms with Crippen molar-refractivity contribution < 1.29 is 14.6 Å². The van der Waals surface area contributed by atoms with E-state index in [9.17, 15) is 9.90 Å². The summed E-state index contributed by atoms with van der Waals surface area (Å²) < 4.78 is 5.82. The van der Waals surface area contributed by atoms with Crippen molar-refractivity contribution >= 4 is 23.2 Å². The fraction of sp³-hybridized carbons (Fsp3) is 0.680. The highest BCUT2D eigenvalue weighted by Crippen LogP contribution is 2.61. The molecule has 0 heterocycles. The van der Waals surface area contributed by atoms with Crippen molar-refractivity contribution in [3.63, 3.8) is 0 Å². The predicted molar refractivity (Wildman–Crippen MR) is 126 cm³/mol. The van der Waals surface area contributed by atoms with Crippen LogP contribution in [0.15, 0.2) is 24.3 Å². The van der Waals surface area contributed by atoms with Gasteiger partial charge in [0, 0.05) is 13.2 Å². The van der Waals surface area contributed by atoms with Crippen LogP contribution in [0.3, 0.4) is 0 Å². The number of thiocarbonyl (C=S) groups is 1. The molecule has 170 valence electrons. The molecule has 5 nitrogen and oxygen atoms in total. The first kappa shape index (κ1) is 22.7. The van der Waals surface area contributed by atoms with E-state index in [4.69, 9.17) is 17.0 Å². The second kappa shape index (κ2) is 9.97. The van der Waals surface area contributed by atoms with Gasteiger partial charge in [0.15, 0.2) is 5.11 Å². The second-order valence-corrected chi connectivity index (χ2v) is 10.7. The molecule has 4 aliphatic rings. The third kappa shape index (κ3) is 6.27. The molecule has 1 aromatic rings.